The van der Waals surface area contributed by atoms with Crippen LogP contribution < -0.4 is 10.2 Å². The molecule has 0 aliphatic carbocycles. The standard InChI is InChI=1S/C12H14N2O2S2/c1-8-2-4-9(5-3-8)14-11-7-18(15,16)6-10(11)13-12(14)17/h2-5,10-11H,6-7H2,1H3,(H-,13,15,16,17)/p+1/t10-,11+/m1/s1. The number of rotatable bonds is 1. The molecule has 2 N–H and O–H groups in total. The predicted octanol–water partition coefficient (Wildman–Crippen LogP) is 1.41. The van der Waals surface area contributed by atoms with Gasteiger partial charge in [0.1, 0.15) is 12.1 Å². The van der Waals surface area contributed by atoms with Gasteiger partial charge in [0.2, 0.25) is 10.2 Å². The molecule has 0 radical (unpaired) electrons. The third-order valence-electron chi connectivity index (χ3n) is 3.51. The summed E-state index contributed by atoms with van der Waals surface area (Å²) in [5.74, 6) is 0.582. The number of anilines is 1. The van der Waals surface area contributed by atoms with Crippen LogP contribution in [-0.4, -0.2) is 33.3 Å². The summed E-state index contributed by atoms with van der Waals surface area (Å²) >= 11 is 5.33. The Labute approximate surface area is 113 Å². The van der Waals surface area contributed by atoms with Crippen LogP contribution in [0.4, 0.5) is 5.69 Å². The number of hydrogen-bond donors (Lipinski definition) is 2. The minimum absolute atomic E-state index is 0.00212. The molecular weight excluding hydrogens is 268 g/mol. The number of thiocarbonyl (C=S) groups is 1. The fourth-order valence-corrected chi connectivity index (χ4v) is 4.94. The second-order valence-electron chi connectivity index (χ2n) is 4.93. The van der Waals surface area contributed by atoms with Gasteiger partial charge in [0.15, 0.2) is 16.6 Å². The number of benzene rings is 1. The summed E-state index contributed by atoms with van der Waals surface area (Å²) in [5.41, 5.74) is 2.17. The number of hydrogen-bond acceptors (Lipinski definition) is 2. The normalized spacial score (nSPS) is 34.6. The van der Waals surface area contributed by atoms with Crippen LogP contribution >= 0.6 is 12.2 Å². The maximum Gasteiger partial charge on any atom is 0.218 e. The Morgan fingerprint density at radius 2 is 2.06 bits per heavy atom. The molecule has 0 spiro atoms. The zero-order chi connectivity index (χ0) is 12.9. The summed E-state index contributed by atoms with van der Waals surface area (Å²) in [4.78, 5) is 1.97. The van der Waals surface area contributed by atoms with Gasteiger partial charge < -0.3 is 10.2 Å². The Morgan fingerprint density at radius 1 is 1.39 bits per heavy atom. The third kappa shape index (κ3) is 1.94. The van der Waals surface area contributed by atoms with E-state index >= 15 is 0 Å². The van der Waals surface area contributed by atoms with Crippen molar-refractivity contribution in [2.45, 2.75) is 19.0 Å². The molecule has 2 heterocycles. The second kappa shape index (κ2) is 4.01. The monoisotopic (exact) mass is 283 g/mol. The van der Waals surface area contributed by atoms with Crippen LogP contribution in [0.3, 0.4) is 0 Å². The van der Waals surface area contributed by atoms with E-state index in [9.17, 15) is 8.76 Å². The summed E-state index contributed by atoms with van der Waals surface area (Å²) in [6.45, 7) is 2.03. The molecule has 3 atom stereocenters. The van der Waals surface area contributed by atoms with Gasteiger partial charge in [-0.3, -0.25) is 0 Å². The van der Waals surface area contributed by atoms with Crippen molar-refractivity contribution in [1.82, 2.24) is 5.32 Å². The van der Waals surface area contributed by atoms with E-state index in [4.69, 9.17) is 12.2 Å². The highest BCUT2D eigenvalue weighted by Crippen LogP contribution is 2.31. The summed E-state index contributed by atoms with van der Waals surface area (Å²) < 4.78 is 21.5. The second-order valence-corrected chi connectivity index (χ2v) is 7.53. The van der Waals surface area contributed by atoms with Crippen LogP contribution in [-0.2, 0) is 14.4 Å². The molecule has 0 bridgehead atoms. The lowest BCUT2D eigenvalue weighted by Crippen LogP contribution is -2.37. The molecule has 0 saturated carbocycles. The maximum absolute atomic E-state index is 11.8. The molecule has 2 fully saturated rings. The van der Waals surface area contributed by atoms with Crippen LogP contribution in [0, 0.1) is 6.92 Å². The molecule has 0 amide bonds. The van der Waals surface area contributed by atoms with Crippen molar-refractivity contribution < 1.29 is 8.76 Å². The summed E-state index contributed by atoms with van der Waals surface area (Å²) in [6.07, 6.45) is 0. The van der Waals surface area contributed by atoms with E-state index in [-0.39, 0.29) is 12.1 Å². The number of nitrogens with one attached hydrogen (secondary N) is 1. The minimum Gasteiger partial charge on any atom is -0.352 e. The number of nitrogens with zero attached hydrogens (tertiary/aromatic N) is 1. The van der Waals surface area contributed by atoms with Gasteiger partial charge in [0.25, 0.3) is 0 Å². The molecule has 18 heavy (non-hydrogen) atoms. The van der Waals surface area contributed by atoms with Crippen LogP contribution in [0.15, 0.2) is 24.3 Å². The van der Waals surface area contributed by atoms with Crippen molar-refractivity contribution in [3.05, 3.63) is 29.8 Å². The smallest absolute Gasteiger partial charge is 0.218 e. The van der Waals surface area contributed by atoms with Crippen molar-refractivity contribution in [3.8, 4) is 0 Å². The highest BCUT2D eigenvalue weighted by Gasteiger charge is 2.54. The summed E-state index contributed by atoms with van der Waals surface area (Å²) in [5, 5.41) is 3.81. The van der Waals surface area contributed by atoms with Crippen molar-refractivity contribution in [3.63, 3.8) is 0 Å². The first-order chi connectivity index (χ1) is 8.46. The van der Waals surface area contributed by atoms with Gasteiger partial charge in [-0.2, -0.15) is 4.55 Å². The van der Waals surface area contributed by atoms with Crippen molar-refractivity contribution in [1.29, 1.82) is 0 Å². The van der Waals surface area contributed by atoms with E-state index in [0.717, 1.165) is 5.69 Å². The van der Waals surface area contributed by atoms with Gasteiger partial charge >= 0.3 is 0 Å². The summed E-state index contributed by atoms with van der Waals surface area (Å²) in [6, 6.07) is 8.05. The van der Waals surface area contributed by atoms with Gasteiger partial charge in [-0.15, -0.1) is 0 Å². The summed E-state index contributed by atoms with van der Waals surface area (Å²) in [7, 11) is -2.69. The van der Waals surface area contributed by atoms with Crippen molar-refractivity contribution in [2.24, 2.45) is 0 Å². The fourth-order valence-electron chi connectivity index (χ4n) is 2.63. The van der Waals surface area contributed by atoms with E-state index in [0.29, 0.717) is 16.6 Å². The minimum atomic E-state index is -2.69. The molecular formula is C12H15N2O2S2+. The Morgan fingerprint density at radius 3 is 2.72 bits per heavy atom. The first-order valence-electron chi connectivity index (χ1n) is 5.85. The first kappa shape index (κ1) is 12.1. The molecule has 1 unspecified atom stereocenters. The van der Waals surface area contributed by atoms with Crippen LogP contribution in [0.5, 0.6) is 0 Å². The quantitative estimate of drug-likeness (QED) is 0.603. The Balaban J connectivity index is 1.94. The number of fused-ring (bicyclic) bond motifs is 1. The molecule has 0 aromatic heterocycles. The largest absolute Gasteiger partial charge is 0.352 e. The first-order valence-corrected chi connectivity index (χ1v) is 8.11. The lowest BCUT2D eigenvalue weighted by Gasteiger charge is -2.22. The molecule has 4 nitrogen and oxygen atoms in total. The highest BCUT2D eigenvalue weighted by molar-refractivity contribution is 7.98. The van der Waals surface area contributed by atoms with E-state index < -0.39 is 10.2 Å². The average molecular weight is 283 g/mol. The molecule has 2 saturated heterocycles. The van der Waals surface area contributed by atoms with E-state index in [1.54, 1.807) is 0 Å². The molecule has 1 aromatic rings. The predicted molar refractivity (Wildman–Crippen MR) is 77.4 cm³/mol. The van der Waals surface area contributed by atoms with Crippen LogP contribution in [0.1, 0.15) is 5.56 Å². The molecule has 96 valence electrons. The zero-order valence-electron chi connectivity index (χ0n) is 10.00. The van der Waals surface area contributed by atoms with Gasteiger partial charge in [0, 0.05) is 5.69 Å². The van der Waals surface area contributed by atoms with Crippen molar-refractivity contribution >= 4 is 33.2 Å². The van der Waals surface area contributed by atoms with Gasteiger partial charge in [-0.05, 0) is 31.3 Å². The Bertz CT molecular complexity index is 544. The van der Waals surface area contributed by atoms with E-state index in [1.807, 2.05) is 36.1 Å². The van der Waals surface area contributed by atoms with Crippen LogP contribution in [0.2, 0.25) is 0 Å². The average Bonchev–Trinajstić information content (AvgIpc) is 2.70. The molecule has 3 rings (SSSR count). The van der Waals surface area contributed by atoms with Gasteiger partial charge in [0.05, 0.1) is 0 Å². The molecule has 6 heteroatoms. The third-order valence-corrected chi connectivity index (χ3v) is 5.56. The SMILES string of the molecule is Cc1ccc(N2C(=S)N[C@@H]3C[S+](=O)(O)C[C@@H]32)cc1. The molecule has 2 aliphatic heterocycles. The number of aryl methyl sites for hydroxylation is 1. The Kier molecular flexibility index (Phi) is 2.69. The lowest BCUT2D eigenvalue weighted by molar-refractivity contribution is 0.502. The maximum atomic E-state index is 11.8. The van der Waals surface area contributed by atoms with E-state index in [2.05, 4.69) is 5.32 Å². The lowest BCUT2D eigenvalue weighted by atomic mass is 10.1. The van der Waals surface area contributed by atoms with Gasteiger partial charge in [-0.1, -0.05) is 21.9 Å². The Hall–Kier alpha value is -0.980. The topological polar surface area (TPSA) is 52.6 Å². The fraction of sp³-hybridized carbons (Fsp3) is 0.417. The highest BCUT2D eigenvalue weighted by atomic mass is 32.3. The molecule has 1 aromatic carbocycles. The van der Waals surface area contributed by atoms with E-state index in [1.165, 1.54) is 5.56 Å². The molecule has 2 aliphatic rings. The van der Waals surface area contributed by atoms with Gasteiger partial charge in [-0.25, -0.2) is 0 Å². The zero-order valence-corrected chi connectivity index (χ0v) is 11.6. The van der Waals surface area contributed by atoms with Crippen molar-refractivity contribution in [2.75, 3.05) is 16.4 Å². The van der Waals surface area contributed by atoms with Crippen LogP contribution in [0.25, 0.3) is 0 Å².